The van der Waals surface area contributed by atoms with Crippen LogP contribution in [0.5, 0.6) is 0 Å². The topological polar surface area (TPSA) is 84.7 Å². The van der Waals surface area contributed by atoms with Crippen molar-refractivity contribution < 1.29 is 18.7 Å². The molecular weight excluding hydrogens is 358 g/mol. The van der Waals surface area contributed by atoms with Gasteiger partial charge >= 0.3 is 5.97 Å². The quantitative estimate of drug-likeness (QED) is 0.796. The summed E-state index contributed by atoms with van der Waals surface area (Å²) >= 11 is 0. The molecule has 150 valence electrons. The molecule has 1 saturated heterocycles. The molecule has 1 aliphatic heterocycles. The van der Waals surface area contributed by atoms with Crippen LogP contribution in [0.25, 0.3) is 0 Å². The fourth-order valence-corrected chi connectivity index (χ4v) is 3.44. The van der Waals surface area contributed by atoms with Crippen LogP contribution >= 0.6 is 0 Å². The lowest BCUT2D eigenvalue weighted by molar-refractivity contribution is 0.0378. The third kappa shape index (κ3) is 4.52. The Morgan fingerprint density at radius 2 is 1.96 bits per heavy atom. The molecule has 0 aliphatic carbocycles. The molecule has 7 heteroatoms. The van der Waals surface area contributed by atoms with Gasteiger partial charge in [-0.2, -0.15) is 0 Å². The predicted octanol–water partition coefficient (Wildman–Crippen LogP) is 3.26. The van der Waals surface area contributed by atoms with Crippen molar-refractivity contribution in [2.45, 2.75) is 52.7 Å². The molecule has 3 heterocycles. The largest absolute Gasteiger partial charge is 0.466 e. The van der Waals surface area contributed by atoms with Crippen LogP contribution in [0, 0.1) is 13.8 Å². The molecule has 1 amide bonds. The van der Waals surface area contributed by atoms with E-state index in [4.69, 9.17) is 9.15 Å². The van der Waals surface area contributed by atoms with Crippen molar-refractivity contribution in [3.05, 3.63) is 47.0 Å². The van der Waals surface area contributed by atoms with E-state index in [2.05, 4.69) is 15.2 Å². The first-order valence-corrected chi connectivity index (χ1v) is 9.64. The average molecular weight is 385 g/mol. The monoisotopic (exact) mass is 385 g/mol. The Morgan fingerprint density at radius 3 is 2.57 bits per heavy atom. The second-order valence-corrected chi connectivity index (χ2v) is 7.39. The van der Waals surface area contributed by atoms with Gasteiger partial charge in [-0.25, -0.2) is 9.78 Å². The van der Waals surface area contributed by atoms with E-state index in [0.717, 1.165) is 18.6 Å². The highest BCUT2D eigenvalue weighted by Gasteiger charge is 2.26. The highest BCUT2D eigenvalue weighted by Crippen LogP contribution is 2.23. The van der Waals surface area contributed by atoms with Gasteiger partial charge in [-0.3, -0.25) is 4.79 Å². The molecule has 3 rings (SSSR count). The summed E-state index contributed by atoms with van der Waals surface area (Å²) in [4.78, 5) is 31.3. The zero-order valence-electron chi connectivity index (χ0n) is 16.8. The summed E-state index contributed by atoms with van der Waals surface area (Å²) < 4.78 is 10.8. The van der Waals surface area contributed by atoms with E-state index in [9.17, 15) is 9.59 Å². The Hall–Kier alpha value is -2.83. The number of nitrogens with zero attached hydrogens (tertiary/aromatic N) is 2. The molecule has 28 heavy (non-hydrogen) atoms. The highest BCUT2D eigenvalue weighted by atomic mass is 16.5. The van der Waals surface area contributed by atoms with E-state index in [1.807, 2.05) is 20.8 Å². The molecule has 0 unspecified atom stereocenters. The molecule has 0 saturated carbocycles. The number of amides is 1. The average Bonchev–Trinajstić information content (AvgIpc) is 3.00. The van der Waals surface area contributed by atoms with Crippen LogP contribution in [0.1, 0.15) is 58.9 Å². The number of nitrogens with one attached hydrogen (secondary N) is 1. The first-order chi connectivity index (χ1) is 13.3. The molecule has 7 nitrogen and oxygen atoms in total. The molecule has 0 atom stereocenters. The standard InChI is InChI=1S/C21H27N3O4/c1-13(2)27-21(26)17-6-5-9-22-19(17)24-10-7-16(8-11-24)23-20(25)18-12-14(3)28-15(18)4/h5-6,9,12-13,16H,7-8,10-11H2,1-4H3,(H,23,25). The fourth-order valence-electron chi connectivity index (χ4n) is 3.44. The lowest BCUT2D eigenvalue weighted by Crippen LogP contribution is -2.45. The molecule has 1 aliphatic rings. The van der Waals surface area contributed by atoms with Crippen molar-refractivity contribution >= 4 is 17.7 Å². The Morgan fingerprint density at radius 1 is 1.25 bits per heavy atom. The van der Waals surface area contributed by atoms with Crippen molar-refractivity contribution in [3.63, 3.8) is 0 Å². The van der Waals surface area contributed by atoms with E-state index in [1.54, 1.807) is 31.3 Å². The van der Waals surface area contributed by atoms with Crippen LogP contribution in [0.4, 0.5) is 5.82 Å². The molecule has 0 aromatic carbocycles. The SMILES string of the molecule is Cc1cc(C(=O)NC2CCN(c3ncccc3C(=O)OC(C)C)CC2)c(C)o1. The van der Waals surface area contributed by atoms with Gasteiger partial charge in [0.1, 0.15) is 22.9 Å². The summed E-state index contributed by atoms with van der Waals surface area (Å²) in [5, 5.41) is 3.09. The number of pyridine rings is 1. The Balaban J connectivity index is 1.62. The van der Waals surface area contributed by atoms with Crippen molar-refractivity contribution in [2.75, 3.05) is 18.0 Å². The van der Waals surface area contributed by atoms with Gasteiger partial charge in [0.25, 0.3) is 5.91 Å². The van der Waals surface area contributed by atoms with Gasteiger partial charge in [0.15, 0.2) is 0 Å². The smallest absolute Gasteiger partial charge is 0.342 e. The molecule has 0 bridgehead atoms. The zero-order valence-corrected chi connectivity index (χ0v) is 16.8. The lowest BCUT2D eigenvalue weighted by Gasteiger charge is -2.33. The number of ether oxygens (including phenoxy) is 1. The number of carbonyl (C=O) groups is 2. The first kappa shape index (κ1) is 19.9. The summed E-state index contributed by atoms with van der Waals surface area (Å²) in [7, 11) is 0. The minimum Gasteiger partial charge on any atom is -0.466 e. The summed E-state index contributed by atoms with van der Waals surface area (Å²) in [5.41, 5.74) is 1.06. The van der Waals surface area contributed by atoms with E-state index in [-0.39, 0.29) is 24.0 Å². The van der Waals surface area contributed by atoms with Gasteiger partial charge < -0.3 is 19.4 Å². The van der Waals surface area contributed by atoms with E-state index < -0.39 is 0 Å². The van der Waals surface area contributed by atoms with Crippen LogP contribution in [-0.2, 0) is 4.74 Å². The van der Waals surface area contributed by atoms with Gasteiger partial charge in [0.05, 0.1) is 11.7 Å². The number of furan rings is 1. The summed E-state index contributed by atoms with van der Waals surface area (Å²) in [6.45, 7) is 8.68. The molecule has 2 aromatic heterocycles. The van der Waals surface area contributed by atoms with Crippen LogP contribution in [-0.4, -0.2) is 42.1 Å². The molecule has 0 spiro atoms. The van der Waals surface area contributed by atoms with Crippen LogP contribution < -0.4 is 10.2 Å². The number of hydrogen-bond donors (Lipinski definition) is 1. The molecule has 0 radical (unpaired) electrons. The maximum absolute atomic E-state index is 12.5. The van der Waals surface area contributed by atoms with Gasteiger partial charge in [-0.15, -0.1) is 0 Å². The lowest BCUT2D eigenvalue weighted by atomic mass is 10.0. The Kier molecular flexibility index (Phi) is 6.02. The number of aromatic nitrogens is 1. The normalized spacial score (nSPS) is 15.0. The second kappa shape index (κ2) is 8.46. The van der Waals surface area contributed by atoms with Crippen molar-refractivity contribution in [1.82, 2.24) is 10.3 Å². The molecule has 1 fully saturated rings. The predicted molar refractivity (Wildman–Crippen MR) is 106 cm³/mol. The first-order valence-electron chi connectivity index (χ1n) is 9.64. The van der Waals surface area contributed by atoms with Crippen LogP contribution in [0.15, 0.2) is 28.8 Å². The van der Waals surface area contributed by atoms with Crippen molar-refractivity contribution in [1.29, 1.82) is 0 Å². The Labute approximate surface area is 165 Å². The number of hydrogen-bond acceptors (Lipinski definition) is 6. The number of carbonyl (C=O) groups excluding carboxylic acids is 2. The van der Waals surface area contributed by atoms with Gasteiger partial charge in [0.2, 0.25) is 0 Å². The maximum Gasteiger partial charge on any atom is 0.342 e. The third-order valence-electron chi connectivity index (χ3n) is 4.76. The van der Waals surface area contributed by atoms with E-state index in [1.165, 1.54) is 0 Å². The number of piperidine rings is 1. The van der Waals surface area contributed by atoms with Gasteiger partial charge in [0, 0.05) is 25.3 Å². The van der Waals surface area contributed by atoms with Gasteiger partial charge in [-0.05, 0) is 58.7 Å². The summed E-state index contributed by atoms with van der Waals surface area (Å²) in [6, 6.07) is 5.32. The van der Waals surface area contributed by atoms with E-state index in [0.29, 0.717) is 35.8 Å². The van der Waals surface area contributed by atoms with Crippen LogP contribution in [0.2, 0.25) is 0 Å². The van der Waals surface area contributed by atoms with Gasteiger partial charge in [-0.1, -0.05) is 0 Å². The van der Waals surface area contributed by atoms with E-state index >= 15 is 0 Å². The number of rotatable bonds is 5. The van der Waals surface area contributed by atoms with Crippen LogP contribution in [0.3, 0.4) is 0 Å². The van der Waals surface area contributed by atoms with Crippen molar-refractivity contribution in [3.8, 4) is 0 Å². The highest BCUT2D eigenvalue weighted by molar-refractivity contribution is 5.96. The number of aryl methyl sites for hydroxylation is 2. The Bertz CT molecular complexity index is 851. The second-order valence-electron chi connectivity index (χ2n) is 7.39. The van der Waals surface area contributed by atoms with Crippen molar-refractivity contribution in [2.24, 2.45) is 0 Å². The molecular formula is C21H27N3O4. The minimum absolute atomic E-state index is 0.0770. The fraction of sp³-hybridized carbons (Fsp3) is 0.476. The number of anilines is 1. The number of esters is 1. The summed E-state index contributed by atoms with van der Waals surface area (Å²) in [6.07, 6.45) is 3.05. The minimum atomic E-state index is -0.362. The third-order valence-corrected chi connectivity index (χ3v) is 4.76. The molecule has 2 aromatic rings. The molecule has 1 N–H and O–H groups in total. The summed E-state index contributed by atoms with van der Waals surface area (Å²) in [5.74, 6) is 1.54. The maximum atomic E-state index is 12.5. The zero-order chi connectivity index (χ0) is 20.3.